The maximum Gasteiger partial charge on any atom is 0.306 e. The zero-order valence-electron chi connectivity index (χ0n) is 11.7. The molecule has 0 atom stereocenters. The summed E-state index contributed by atoms with van der Waals surface area (Å²) in [5.74, 6) is 1.07. The molecule has 0 aromatic carbocycles. The lowest BCUT2D eigenvalue weighted by atomic mass is 10.3. The minimum Gasteiger partial charge on any atom is -0.469 e. The molecule has 0 spiro atoms. The van der Waals surface area contributed by atoms with E-state index in [0.29, 0.717) is 18.1 Å². The lowest BCUT2D eigenvalue weighted by molar-refractivity contribution is -0.140. The summed E-state index contributed by atoms with van der Waals surface area (Å²) in [6.45, 7) is 2.13. The molecule has 0 saturated heterocycles. The number of rotatable bonds is 6. The van der Waals surface area contributed by atoms with Crippen LogP contribution in [0.4, 0.5) is 5.95 Å². The van der Waals surface area contributed by atoms with Crippen LogP contribution in [0.25, 0.3) is 10.2 Å². The second-order valence-corrected chi connectivity index (χ2v) is 6.26. The minimum absolute atomic E-state index is 0.198. The summed E-state index contributed by atoms with van der Waals surface area (Å²) in [5, 5.41) is 4.96. The van der Waals surface area contributed by atoms with E-state index >= 15 is 0 Å². The summed E-state index contributed by atoms with van der Waals surface area (Å²) in [6.07, 6.45) is 1.37. The van der Waals surface area contributed by atoms with Crippen molar-refractivity contribution in [3.8, 4) is 0 Å². The van der Waals surface area contributed by atoms with E-state index in [1.807, 2.05) is 0 Å². The van der Waals surface area contributed by atoms with Gasteiger partial charge in [-0.2, -0.15) is 0 Å². The standard InChI is InChI=1S/C13H17N3O2S2/c1-4-8-7-9-11(19-6-5-10(17)18-3)15-13(14-2)16-12(9)20-8/h7H,4-6H2,1-3H3,(H,14,15,16). The molecular formula is C13H17N3O2S2. The van der Waals surface area contributed by atoms with Gasteiger partial charge in [-0.15, -0.1) is 23.1 Å². The Bertz CT molecular complexity index is 613. The molecule has 7 heteroatoms. The van der Waals surface area contributed by atoms with E-state index in [4.69, 9.17) is 0 Å². The first-order valence-corrected chi connectivity index (χ1v) is 8.16. The number of hydrogen-bond donors (Lipinski definition) is 1. The Hall–Kier alpha value is -1.34. The molecule has 0 amide bonds. The summed E-state index contributed by atoms with van der Waals surface area (Å²) in [5.41, 5.74) is 0. The topological polar surface area (TPSA) is 64.1 Å². The number of nitrogens with zero attached hydrogens (tertiary/aromatic N) is 2. The number of hydrogen-bond acceptors (Lipinski definition) is 7. The van der Waals surface area contributed by atoms with Crippen LogP contribution in [0, 0.1) is 0 Å². The SMILES string of the molecule is CCc1cc2c(SCCC(=O)OC)nc(NC)nc2s1. The van der Waals surface area contributed by atoms with Gasteiger partial charge >= 0.3 is 5.97 Å². The van der Waals surface area contributed by atoms with Crippen molar-refractivity contribution in [2.45, 2.75) is 24.8 Å². The molecule has 0 saturated carbocycles. The summed E-state index contributed by atoms with van der Waals surface area (Å²) >= 11 is 3.25. The van der Waals surface area contributed by atoms with Crippen molar-refractivity contribution in [2.24, 2.45) is 0 Å². The van der Waals surface area contributed by atoms with Crippen LogP contribution in [-0.4, -0.2) is 35.8 Å². The first-order valence-electron chi connectivity index (χ1n) is 6.35. The maximum atomic E-state index is 11.2. The van der Waals surface area contributed by atoms with Crippen LogP contribution in [0.3, 0.4) is 0 Å². The van der Waals surface area contributed by atoms with E-state index in [0.717, 1.165) is 21.7 Å². The van der Waals surface area contributed by atoms with Gasteiger partial charge in [-0.05, 0) is 12.5 Å². The summed E-state index contributed by atoms with van der Waals surface area (Å²) in [4.78, 5) is 22.4. The zero-order valence-corrected chi connectivity index (χ0v) is 13.4. The van der Waals surface area contributed by atoms with Gasteiger partial charge in [0.2, 0.25) is 5.95 Å². The largest absolute Gasteiger partial charge is 0.469 e. The number of anilines is 1. The molecule has 0 aliphatic rings. The van der Waals surface area contributed by atoms with Crippen molar-refractivity contribution < 1.29 is 9.53 Å². The number of esters is 1. The molecule has 0 fully saturated rings. The van der Waals surface area contributed by atoms with Crippen molar-refractivity contribution in [3.05, 3.63) is 10.9 Å². The molecule has 5 nitrogen and oxygen atoms in total. The van der Waals surface area contributed by atoms with Crippen LogP contribution in [0.1, 0.15) is 18.2 Å². The van der Waals surface area contributed by atoms with Gasteiger partial charge in [0.25, 0.3) is 0 Å². The zero-order chi connectivity index (χ0) is 14.5. The Balaban J connectivity index is 2.25. The Morgan fingerprint density at radius 1 is 1.50 bits per heavy atom. The fourth-order valence-corrected chi connectivity index (χ4v) is 3.63. The molecule has 1 N–H and O–H groups in total. The fraction of sp³-hybridized carbons (Fsp3) is 0.462. The molecule has 0 radical (unpaired) electrons. The van der Waals surface area contributed by atoms with E-state index in [2.05, 4.69) is 33.0 Å². The van der Waals surface area contributed by atoms with E-state index in [-0.39, 0.29) is 5.97 Å². The van der Waals surface area contributed by atoms with Gasteiger partial charge in [0.1, 0.15) is 9.86 Å². The first kappa shape index (κ1) is 15.1. The maximum absolute atomic E-state index is 11.2. The minimum atomic E-state index is -0.198. The van der Waals surface area contributed by atoms with Gasteiger partial charge in [-0.25, -0.2) is 9.97 Å². The summed E-state index contributed by atoms with van der Waals surface area (Å²) < 4.78 is 4.65. The highest BCUT2D eigenvalue weighted by atomic mass is 32.2. The second kappa shape index (κ2) is 6.90. The summed E-state index contributed by atoms with van der Waals surface area (Å²) in [7, 11) is 3.21. The molecule has 2 rings (SSSR count). The highest BCUT2D eigenvalue weighted by Crippen LogP contribution is 2.32. The van der Waals surface area contributed by atoms with Crippen molar-refractivity contribution in [1.82, 2.24) is 9.97 Å². The molecule has 20 heavy (non-hydrogen) atoms. The van der Waals surface area contributed by atoms with Crippen LogP contribution in [0.15, 0.2) is 11.1 Å². The van der Waals surface area contributed by atoms with Crippen LogP contribution >= 0.6 is 23.1 Å². The average molecular weight is 311 g/mol. The van der Waals surface area contributed by atoms with Crippen LogP contribution in [0.5, 0.6) is 0 Å². The molecule has 0 aliphatic heterocycles. The van der Waals surface area contributed by atoms with Gasteiger partial charge in [0.15, 0.2) is 0 Å². The smallest absolute Gasteiger partial charge is 0.306 e. The van der Waals surface area contributed by atoms with Gasteiger partial charge in [0, 0.05) is 23.1 Å². The number of nitrogens with one attached hydrogen (secondary N) is 1. The highest BCUT2D eigenvalue weighted by Gasteiger charge is 2.12. The van der Waals surface area contributed by atoms with Crippen molar-refractivity contribution in [1.29, 1.82) is 0 Å². The number of thiophene rings is 1. The third-order valence-electron chi connectivity index (χ3n) is 2.75. The number of carbonyl (C=O) groups is 1. The molecule has 0 aliphatic carbocycles. The average Bonchev–Trinajstić information content (AvgIpc) is 2.89. The molecule has 2 heterocycles. The molecule has 2 aromatic heterocycles. The van der Waals surface area contributed by atoms with Crippen molar-refractivity contribution in [3.63, 3.8) is 0 Å². The molecule has 0 unspecified atom stereocenters. The quantitative estimate of drug-likeness (QED) is 0.503. The fourth-order valence-electron chi connectivity index (χ4n) is 1.67. The first-order chi connectivity index (χ1) is 9.67. The molecule has 0 bridgehead atoms. The van der Waals surface area contributed by atoms with E-state index < -0.39 is 0 Å². The molecular weight excluding hydrogens is 294 g/mol. The normalized spacial score (nSPS) is 10.8. The third-order valence-corrected chi connectivity index (χ3v) is 4.92. The van der Waals surface area contributed by atoms with E-state index in [1.54, 1.807) is 30.1 Å². The number of aryl methyl sites for hydroxylation is 1. The van der Waals surface area contributed by atoms with E-state index in [9.17, 15) is 4.79 Å². The number of aromatic nitrogens is 2. The second-order valence-electron chi connectivity index (χ2n) is 4.06. The number of methoxy groups -OCH3 is 1. The third kappa shape index (κ3) is 3.40. The van der Waals surface area contributed by atoms with Gasteiger partial charge in [0.05, 0.1) is 13.5 Å². The molecule has 2 aromatic rings. The molecule has 108 valence electrons. The van der Waals surface area contributed by atoms with Crippen LogP contribution in [-0.2, 0) is 16.0 Å². The Morgan fingerprint density at radius 3 is 2.95 bits per heavy atom. The van der Waals surface area contributed by atoms with Gasteiger partial charge in [-0.1, -0.05) is 6.92 Å². The van der Waals surface area contributed by atoms with Crippen LogP contribution in [0.2, 0.25) is 0 Å². The number of fused-ring (bicyclic) bond motifs is 1. The number of carbonyl (C=O) groups excluding carboxylic acids is 1. The highest BCUT2D eigenvalue weighted by molar-refractivity contribution is 7.99. The number of thioether (sulfide) groups is 1. The van der Waals surface area contributed by atoms with Crippen molar-refractivity contribution in [2.75, 3.05) is 25.2 Å². The van der Waals surface area contributed by atoms with Crippen LogP contribution < -0.4 is 5.32 Å². The number of ether oxygens (including phenoxy) is 1. The van der Waals surface area contributed by atoms with E-state index in [1.165, 1.54) is 12.0 Å². The summed E-state index contributed by atoms with van der Waals surface area (Å²) in [6, 6.07) is 2.14. The lowest BCUT2D eigenvalue weighted by Crippen LogP contribution is -2.02. The predicted octanol–water partition coefficient (Wildman–Crippen LogP) is 2.95. The Kier molecular flexibility index (Phi) is 5.19. The predicted molar refractivity (Wildman–Crippen MR) is 83.7 cm³/mol. The van der Waals surface area contributed by atoms with Gasteiger partial charge in [-0.3, -0.25) is 4.79 Å². The van der Waals surface area contributed by atoms with Crippen molar-refractivity contribution >= 4 is 45.2 Å². The van der Waals surface area contributed by atoms with Gasteiger partial charge < -0.3 is 10.1 Å². The Labute approximate surface area is 126 Å². The Morgan fingerprint density at radius 2 is 2.30 bits per heavy atom. The lowest BCUT2D eigenvalue weighted by Gasteiger charge is -2.04. The monoisotopic (exact) mass is 311 g/mol.